The van der Waals surface area contributed by atoms with E-state index in [0.717, 1.165) is 28.8 Å². The van der Waals surface area contributed by atoms with Gasteiger partial charge in [-0.05, 0) is 78.2 Å². The molecule has 2 amide bonds. The average Bonchev–Trinajstić information content (AvgIpc) is 3.76. The normalized spacial score (nSPS) is 21.7. The third-order valence-electron chi connectivity index (χ3n) is 6.93. The lowest BCUT2D eigenvalue weighted by molar-refractivity contribution is -0.120. The third-order valence-corrected chi connectivity index (χ3v) is 8.04. The molecule has 6 rings (SSSR count). The predicted octanol–water partition coefficient (Wildman–Crippen LogP) is 3.93. The Labute approximate surface area is 208 Å². The fraction of sp³-hybridized carbons (Fsp3) is 0.259. The van der Waals surface area contributed by atoms with Crippen molar-refractivity contribution in [2.45, 2.75) is 42.4 Å². The standard InChI is InChI=1S/C27H23FN2O2S.2H2O.H2/c28-20-11-9-18(10-12-20)23-15-27(23)22-3-1-2-4-24(22)30(26(27)32)16-17-5-7-19(8-6-17)25(31)29-33-21-13-14-21;;;/h1-12,21,23H,13-16H2,(H,29,31);2*1H2;1H/t23-,27-;;;/m1.../s1. The highest BCUT2D eigenvalue weighted by Crippen LogP contribution is 2.66. The number of amides is 2. The quantitative estimate of drug-likeness (QED) is 0.522. The fourth-order valence-corrected chi connectivity index (χ4v) is 5.69. The van der Waals surface area contributed by atoms with Crippen molar-refractivity contribution in [1.29, 1.82) is 0 Å². The first-order chi connectivity index (χ1) is 16.1. The van der Waals surface area contributed by atoms with Crippen molar-refractivity contribution in [3.8, 4) is 0 Å². The van der Waals surface area contributed by atoms with Crippen molar-refractivity contribution < 1.29 is 26.4 Å². The molecule has 0 radical (unpaired) electrons. The fourth-order valence-electron chi connectivity index (χ4n) is 4.93. The molecule has 35 heavy (non-hydrogen) atoms. The zero-order valence-electron chi connectivity index (χ0n) is 19.0. The number of para-hydroxylation sites is 1. The van der Waals surface area contributed by atoms with E-state index in [1.165, 1.54) is 36.9 Å². The van der Waals surface area contributed by atoms with Gasteiger partial charge < -0.3 is 15.9 Å². The predicted molar refractivity (Wildman–Crippen MR) is 137 cm³/mol. The van der Waals surface area contributed by atoms with Gasteiger partial charge in [-0.1, -0.05) is 42.5 Å². The minimum atomic E-state index is -0.561. The molecule has 0 bridgehead atoms. The summed E-state index contributed by atoms with van der Waals surface area (Å²) < 4.78 is 16.3. The number of nitrogens with one attached hydrogen (secondary N) is 1. The molecule has 8 heteroatoms. The lowest BCUT2D eigenvalue weighted by Gasteiger charge is -2.19. The Bertz CT molecular complexity index is 1250. The zero-order valence-corrected chi connectivity index (χ0v) is 19.8. The van der Waals surface area contributed by atoms with Crippen molar-refractivity contribution in [3.63, 3.8) is 0 Å². The van der Waals surface area contributed by atoms with Gasteiger partial charge in [0.15, 0.2) is 0 Å². The van der Waals surface area contributed by atoms with Crippen LogP contribution in [0.5, 0.6) is 0 Å². The van der Waals surface area contributed by atoms with Gasteiger partial charge in [0.25, 0.3) is 5.91 Å². The highest BCUT2D eigenvalue weighted by molar-refractivity contribution is 7.98. The molecule has 3 aromatic rings. The number of hydrogen-bond donors (Lipinski definition) is 1. The van der Waals surface area contributed by atoms with E-state index >= 15 is 0 Å². The van der Waals surface area contributed by atoms with Crippen molar-refractivity contribution >= 4 is 29.4 Å². The van der Waals surface area contributed by atoms with Gasteiger partial charge in [-0.2, -0.15) is 0 Å². The van der Waals surface area contributed by atoms with Gasteiger partial charge in [0, 0.05) is 23.8 Å². The molecule has 3 aromatic carbocycles. The SMILES string of the molecule is O.O.O=C(NSC1CC1)c1ccc(CN2C(=O)[C@]3(C[C@@H]3c3ccc(F)cc3)c3ccccc32)cc1.[HH]. The summed E-state index contributed by atoms with van der Waals surface area (Å²) in [5, 5.41) is 0.558. The van der Waals surface area contributed by atoms with Crippen LogP contribution in [-0.4, -0.2) is 28.0 Å². The molecule has 1 heterocycles. The molecule has 5 N–H and O–H groups in total. The first-order valence-corrected chi connectivity index (χ1v) is 12.2. The number of anilines is 1. The van der Waals surface area contributed by atoms with Crippen LogP contribution < -0.4 is 9.62 Å². The summed E-state index contributed by atoms with van der Waals surface area (Å²) in [6, 6.07) is 22.0. The van der Waals surface area contributed by atoms with Crippen LogP contribution in [0.4, 0.5) is 10.1 Å². The Kier molecular flexibility index (Phi) is 6.73. The van der Waals surface area contributed by atoms with Crippen LogP contribution in [0.1, 0.15) is 53.7 Å². The number of carbonyl (C=O) groups excluding carboxylic acids is 2. The highest BCUT2D eigenvalue weighted by atomic mass is 32.2. The number of benzene rings is 3. The molecule has 6 nitrogen and oxygen atoms in total. The Balaban J connectivity index is 0.00000120. The van der Waals surface area contributed by atoms with Gasteiger partial charge in [-0.25, -0.2) is 4.39 Å². The van der Waals surface area contributed by atoms with E-state index in [0.29, 0.717) is 17.4 Å². The summed E-state index contributed by atoms with van der Waals surface area (Å²) in [5.41, 5.74) is 4.03. The first-order valence-electron chi connectivity index (χ1n) is 11.3. The maximum atomic E-state index is 13.7. The van der Waals surface area contributed by atoms with Crippen molar-refractivity contribution in [1.82, 2.24) is 4.72 Å². The largest absolute Gasteiger partial charge is 0.412 e. The molecular weight excluding hydrogens is 467 g/mol. The van der Waals surface area contributed by atoms with Gasteiger partial charge in [0.05, 0.1) is 12.0 Å². The Morgan fingerprint density at radius 3 is 2.40 bits per heavy atom. The smallest absolute Gasteiger partial charge is 0.261 e. The first kappa shape index (κ1) is 24.9. The molecule has 1 spiro atoms. The topological polar surface area (TPSA) is 112 Å². The monoisotopic (exact) mass is 496 g/mol. The second-order valence-electron chi connectivity index (χ2n) is 9.13. The molecule has 2 aliphatic carbocycles. The molecule has 1 aliphatic heterocycles. The second kappa shape index (κ2) is 9.45. The Morgan fingerprint density at radius 2 is 1.71 bits per heavy atom. The summed E-state index contributed by atoms with van der Waals surface area (Å²) >= 11 is 1.50. The average molecular weight is 497 g/mol. The van der Waals surface area contributed by atoms with E-state index in [1.807, 2.05) is 53.4 Å². The van der Waals surface area contributed by atoms with Crippen molar-refractivity contribution in [2.24, 2.45) is 0 Å². The van der Waals surface area contributed by atoms with Gasteiger partial charge in [0.2, 0.25) is 5.91 Å². The molecule has 0 unspecified atom stereocenters. The lowest BCUT2D eigenvalue weighted by atomic mass is 9.92. The van der Waals surface area contributed by atoms with Crippen LogP contribution in [0.2, 0.25) is 0 Å². The summed E-state index contributed by atoms with van der Waals surface area (Å²) in [7, 11) is 0. The molecule has 184 valence electrons. The van der Waals surface area contributed by atoms with E-state index in [4.69, 9.17) is 0 Å². The van der Waals surface area contributed by atoms with Crippen LogP contribution in [0, 0.1) is 5.82 Å². The number of rotatable bonds is 6. The third kappa shape index (κ3) is 4.33. The van der Waals surface area contributed by atoms with E-state index in [-0.39, 0.29) is 35.9 Å². The molecule has 2 atom stereocenters. The van der Waals surface area contributed by atoms with Gasteiger partial charge in [0.1, 0.15) is 5.82 Å². The van der Waals surface area contributed by atoms with Crippen LogP contribution >= 0.6 is 11.9 Å². The minimum absolute atomic E-state index is 0. The summed E-state index contributed by atoms with van der Waals surface area (Å²) in [5.74, 6) is -0.191. The number of nitrogens with zero attached hydrogens (tertiary/aromatic N) is 1. The maximum Gasteiger partial charge on any atom is 0.261 e. The molecule has 3 aliphatic rings. The molecule has 0 aromatic heterocycles. The second-order valence-corrected chi connectivity index (χ2v) is 10.2. The van der Waals surface area contributed by atoms with Crippen molar-refractivity contribution in [3.05, 3.63) is 101 Å². The maximum absolute atomic E-state index is 13.7. The van der Waals surface area contributed by atoms with Crippen LogP contribution in [0.3, 0.4) is 0 Å². The van der Waals surface area contributed by atoms with E-state index in [1.54, 1.807) is 12.1 Å². The molecule has 2 fully saturated rings. The highest BCUT2D eigenvalue weighted by Gasteiger charge is 2.67. The van der Waals surface area contributed by atoms with E-state index in [9.17, 15) is 14.0 Å². The summed E-state index contributed by atoms with van der Waals surface area (Å²) in [6.45, 7) is 0.451. The number of halogens is 1. The Hall–Kier alpha value is -3.20. The van der Waals surface area contributed by atoms with E-state index < -0.39 is 5.41 Å². The van der Waals surface area contributed by atoms with Crippen LogP contribution in [-0.2, 0) is 16.8 Å². The summed E-state index contributed by atoms with van der Waals surface area (Å²) in [6.07, 6.45) is 3.07. The molecule has 0 saturated heterocycles. The minimum Gasteiger partial charge on any atom is -0.412 e. The number of hydrogen-bond acceptors (Lipinski definition) is 3. The van der Waals surface area contributed by atoms with Crippen LogP contribution in [0.25, 0.3) is 0 Å². The van der Waals surface area contributed by atoms with E-state index in [2.05, 4.69) is 4.72 Å². The van der Waals surface area contributed by atoms with Gasteiger partial charge in [-0.15, -0.1) is 0 Å². The van der Waals surface area contributed by atoms with Crippen LogP contribution in [0.15, 0.2) is 72.8 Å². The lowest BCUT2D eigenvalue weighted by Crippen LogP contribution is -2.32. The zero-order chi connectivity index (χ0) is 22.6. The van der Waals surface area contributed by atoms with Crippen molar-refractivity contribution in [2.75, 3.05) is 4.90 Å². The number of carbonyl (C=O) groups is 2. The van der Waals surface area contributed by atoms with Gasteiger partial charge in [-0.3, -0.25) is 14.3 Å². The van der Waals surface area contributed by atoms with Gasteiger partial charge >= 0.3 is 0 Å². The summed E-state index contributed by atoms with van der Waals surface area (Å²) in [4.78, 5) is 27.9. The molecular formula is C27H29FN2O4S. The number of fused-ring (bicyclic) bond motifs is 2. The Morgan fingerprint density at radius 1 is 1.03 bits per heavy atom. The molecule has 2 saturated carbocycles.